The highest BCUT2D eigenvalue weighted by Crippen LogP contribution is 2.31. The van der Waals surface area contributed by atoms with Gasteiger partial charge in [-0.1, -0.05) is 13.3 Å². The van der Waals surface area contributed by atoms with Crippen molar-refractivity contribution in [1.29, 1.82) is 0 Å². The molecular formula is C14H19F3N2. The SMILES string of the molecule is CC1CCCC(C)N(c2ccc(C(F)(F)F)cn2)C1. The van der Waals surface area contributed by atoms with E-state index in [1.807, 2.05) is 0 Å². The Labute approximate surface area is 111 Å². The second-order valence-electron chi connectivity index (χ2n) is 5.44. The van der Waals surface area contributed by atoms with Crippen molar-refractivity contribution in [2.24, 2.45) is 5.92 Å². The molecule has 0 saturated carbocycles. The summed E-state index contributed by atoms with van der Waals surface area (Å²) >= 11 is 0. The maximum absolute atomic E-state index is 12.5. The van der Waals surface area contributed by atoms with E-state index in [0.717, 1.165) is 25.2 Å². The van der Waals surface area contributed by atoms with Crippen LogP contribution in [0.15, 0.2) is 18.3 Å². The first-order valence-electron chi connectivity index (χ1n) is 6.68. The van der Waals surface area contributed by atoms with Gasteiger partial charge in [-0.05, 0) is 37.8 Å². The molecular weight excluding hydrogens is 253 g/mol. The molecule has 0 aromatic carbocycles. The Balaban J connectivity index is 2.20. The van der Waals surface area contributed by atoms with Crippen LogP contribution in [0.3, 0.4) is 0 Å². The zero-order chi connectivity index (χ0) is 14.0. The van der Waals surface area contributed by atoms with Gasteiger partial charge in [0.2, 0.25) is 0 Å². The minimum absolute atomic E-state index is 0.328. The quantitative estimate of drug-likeness (QED) is 0.764. The van der Waals surface area contributed by atoms with Crippen molar-refractivity contribution in [3.05, 3.63) is 23.9 Å². The van der Waals surface area contributed by atoms with Crippen LogP contribution in [-0.4, -0.2) is 17.6 Å². The highest BCUT2D eigenvalue weighted by atomic mass is 19.4. The van der Waals surface area contributed by atoms with Crippen molar-refractivity contribution >= 4 is 5.82 Å². The van der Waals surface area contributed by atoms with Crippen LogP contribution in [0, 0.1) is 5.92 Å². The minimum atomic E-state index is -4.32. The molecule has 1 aliphatic heterocycles. The number of aromatic nitrogens is 1. The van der Waals surface area contributed by atoms with Crippen LogP contribution < -0.4 is 4.90 Å². The van der Waals surface area contributed by atoms with Gasteiger partial charge in [-0.3, -0.25) is 0 Å². The van der Waals surface area contributed by atoms with E-state index < -0.39 is 11.7 Å². The van der Waals surface area contributed by atoms with E-state index in [1.165, 1.54) is 18.9 Å². The average Bonchev–Trinajstić information content (AvgIpc) is 2.50. The molecule has 1 aliphatic rings. The number of hydrogen-bond donors (Lipinski definition) is 0. The molecule has 1 fully saturated rings. The van der Waals surface area contributed by atoms with Crippen LogP contribution in [-0.2, 0) is 6.18 Å². The van der Waals surface area contributed by atoms with Crippen LogP contribution in [0.2, 0.25) is 0 Å². The maximum atomic E-state index is 12.5. The van der Waals surface area contributed by atoms with Gasteiger partial charge in [0.1, 0.15) is 5.82 Å². The number of nitrogens with zero attached hydrogens (tertiary/aromatic N) is 2. The fourth-order valence-electron chi connectivity index (χ4n) is 2.57. The molecule has 0 N–H and O–H groups in total. The van der Waals surface area contributed by atoms with Gasteiger partial charge in [-0.25, -0.2) is 4.98 Å². The summed E-state index contributed by atoms with van der Waals surface area (Å²) in [4.78, 5) is 6.12. The van der Waals surface area contributed by atoms with E-state index in [-0.39, 0.29) is 0 Å². The summed E-state index contributed by atoms with van der Waals surface area (Å²) < 4.78 is 37.5. The van der Waals surface area contributed by atoms with Crippen molar-refractivity contribution in [2.45, 2.75) is 45.3 Å². The zero-order valence-corrected chi connectivity index (χ0v) is 11.2. The summed E-state index contributed by atoms with van der Waals surface area (Å²) in [5.41, 5.74) is -0.688. The molecule has 1 saturated heterocycles. The van der Waals surface area contributed by atoms with E-state index in [9.17, 15) is 13.2 Å². The second kappa shape index (κ2) is 5.39. The molecule has 0 bridgehead atoms. The summed E-state index contributed by atoms with van der Waals surface area (Å²) in [6.45, 7) is 5.14. The van der Waals surface area contributed by atoms with Gasteiger partial charge in [-0.2, -0.15) is 13.2 Å². The summed E-state index contributed by atoms with van der Waals surface area (Å²) in [7, 11) is 0. The predicted octanol–water partition coefficient (Wildman–Crippen LogP) is 4.12. The lowest BCUT2D eigenvalue weighted by Crippen LogP contribution is -2.35. The van der Waals surface area contributed by atoms with Crippen molar-refractivity contribution in [1.82, 2.24) is 4.98 Å². The molecule has 0 amide bonds. The van der Waals surface area contributed by atoms with Gasteiger partial charge in [0, 0.05) is 18.8 Å². The van der Waals surface area contributed by atoms with Crippen molar-refractivity contribution in [3.63, 3.8) is 0 Å². The highest BCUT2D eigenvalue weighted by Gasteiger charge is 2.31. The first-order chi connectivity index (χ1) is 8.88. The molecule has 0 radical (unpaired) electrons. The molecule has 0 aliphatic carbocycles. The molecule has 2 atom stereocenters. The molecule has 2 rings (SSSR count). The molecule has 1 aromatic heterocycles. The normalized spacial score (nSPS) is 25.2. The lowest BCUT2D eigenvalue weighted by atomic mass is 10.1. The van der Waals surface area contributed by atoms with E-state index in [2.05, 4.69) is 23.7 Å². The molecule has 2 heterocycles. The van der Waals surface area contributed by atoms with E-state index in [1.54, 1.807) is 0 Å². The molecule has 2 unspecified atom stereocenters. The largest absolute Gasteiger partial charge is 0.417 e. The number of anilines is 1. The highest BCUT2D eigenvalue weighted by molar-refractivity contribution is 5.41. The van der Waals surface area contributed by atoms with Gasteiger partial charge in [0.05, 0.1) is 5.56 Å². The van der Waals surface area contributed by atoms with Crippen molar-refractivity contribution in [2.75, 3.05) is 11.4 Å². The van der Waals surface area contributed by atoms with Gasteiger partial charge < -0.3 is 4.90 Å². The van der Waals surface area contributed by atoms with E-state index >= 15 is 0 Å². The molecule has 2 nitrogen and oxygen atoms in total. The number of halogens is 3. The van der Waals surface area contributed by atoms with E-state index in [4.69, 9.17) is 0 Å². The summed E-state index contributed by atoms with van der Waals surface area (Å²) in [6.07, 6.45) is 0.00875. The Morgan fingerprint density at radius 3 is 2.53 bits per heavy atom. The summed E-state index contributed by atoms with van der Waals surface area (Å²) in [5.74, 6) is 1.20. The smallest absolute Gasteiger partial charge is 0.354 e. The van der Waals surface area contributed by atoms with Gasteiger partial charge in [0.25, 0.3) is 0 Å². The average molecular weight is 272 g/mol. The lowest BCUT2D eigenvalue weighted by Gasteiger charge is -2.30. The third kappa shape index (κ3) is 3.39. The Kier molecular flexibility index (Phi) is 4.02. The van der Waals surface area contributed by atoms with Crippen LogP contribution in [0.1, 0.15) is 38.7 Å². The van der Waals surface area contributed by atoms with Gasteiger partial charge in [-0.15, -0.1) is 0 Å². The van der Waals surface area contributed by atoms with Crippen LogP contribution in [0.25, 0.3) is 0 Å². The zero-order valence-electron chi connectivity index (χ0n) is 11.2. The first kappa shape index (κ1) is 14.2. The van der Waals surface area contributed by atoms with Gasteiger partial charge >= 0.3 is 6.18 Å². The lowest BCUT2D eigenvalue weighted by molar-refractivity contribution is -0.137. The van der Waals surface area contributed by atoms with Crippen LogP contribution in [0.4, 0.5) is 19.0 Å². The predicted molar refractivity (Wildman–Crippen MR) is 69.1 cm³/mol. The third-order valence-electron chi connectivity index (χ3n) is 3.73. The Morgan fingerprint density at radius 2 is 1.95 bits per heavy atom. The maximum Gasteiger partial charge on any atom is 0.417 e. The van der Waals surface area contributed by atoms with Crippen LogP contribution >= 0.6 is 0 Å². The van der Waals surface area contributed by atoms with Crippen molar-refractivity contribution < 1.29 is 13.2 Å². The third-order valence-corrected chi connectivity index (χ3v) is 3.73. The van der Waals surface area contributed by atoms with Crippen molar-refractivity contribution in [3.8, 4) is 0 Å². The molecule has 5 heteroatoms. The fourth-order valence-corrected chi connectivity index (χ4v) is 2.57. The molecule has 19 heavy (non-hydrogen) atoms. The monoisotopic (exact) mass is 272 g/mol. The number of pyridine rings is 1. The first-order valence-corrected chi connectivity index (χ1v) is 6.68. The Bertz CT molecular complexity index is 414. The number of alkyl halides is 3. The molecule has 0 spiro atoms. The number of rotatable bonds is 1. The molecule has 1 aromatic rings. The molecule has 106 valence electrons. The van der Waals surface area contributed by atoms with Crippen LogP contribution in [0.5, 0.6) is 0 Å². The standard InChI is InChI=1S/C14H19F3N2/c1-10-4-3-5-11(2)19(9-10)13-7-6-12(8-18-13)14(15,16)17/h6-8,10-11H,3-5,9H2,1-2H3. The topological polar surface area (TPSA) is 16.1 Å². The summed E-state index contributed by atoms with van der Waals surface area (Å²) in [6, 6.07) is 2.93. The van der Waals surface area contributed by atoms with Gasteiger partial charge in [0.15, 0.2) is 0 Å². The Hall–Kier alpha value is -1.26. The fraction of sp³-hybridized carbons (Fsp3) is 0.643. The Morgan fingerprint density at radius 1 is 1.21 bits per heavy atom. The number of hydrogen-bond acceptors (Lipinski definition) is 2. The second-order valence-corrected chi connectivity index (χ2v) is 5.44. The minimum Gasteiger partial charge on any atom is -0.354 e. The summed E-state index contributed by atoms with van der Waals surface area (Å²) in [5, 5.41) is 0. The van der Waals surface area contributed by atoms with E-state index in [0.29, 0.717) is 17.8 Å².